The van der Waals surface area contributed by atoms with Crippen LogP contribution < -0.4 is 5.73 Å². The van der Waals surface area contributed by atoms with E-state index in [0.29, 0.717) is 18.4 Å². The third-order valence-electron chi connectivity index (χ3n) is 2.39. The summed E-state index contributed by atoms with van der Waals surface area (Å²) in [4.78, 5) is 0. The van der Waals surface area contributed by atoms with E-state index in [2.05, 4.69) is 0 Å². The van der Waals surface area contributed by atoms with E-state index in [4.69, 9.17) is 5.73 Å². The molecule has 0 radical (unpaired) electrons. The first kappa shape index (κ1) is 11.4. The highest BCUT2D eigenvalue weighted by molar-refractivity contribution is 7.17. The zero-order valence-corrected chi connectivity index (χ0v) is 9.16. The number of fused-ring (bicyclic) bond motifs is 1. The van der Waals surface area contributed by atoms with Gasteiger partial charge in [0.15, 0.2) is 0 Å². The van der Waals surface area contributed by atoms with Gasteiger partial charge >= 0.3 is 6.18 Å². The van der Waals surface area contributed by atoms with Gasteiger partial charge in [0.1, 0.15) is 0 Å². The fourth-order valence-electron chi connectivity index (χ4n) is 1.61. The first-order valence-electron chi connectivity index (χ1n) is 4.80. The van der Waals surface area contributed by atoms with Crippen LogP contribution in [-0.4, -0.2) is 6.54 Å². The second-order valence-corrected chi connectivity index (χ2v) is 4.42. The van der Waals surface area contributed by atoms with Crippen molar-refractivity contribution in [1.29, 1.82) is 0 Å². The molecule has 16 heavy (non-hydrogen) atoms. The van der Waals surface area contributed by atoms with E-state index in [1.807, 2.05) is 5.38 Å². The summed E-state index contributed by atoms with van der Waals surface area (Å²) in [5.41, 5.74) is 5.71. The fourth-order valence-corrected chi connectivity index (χ4v) is 2.58. The number of nitrogens with two attached hydrogens (primary N) is 1. The summed E-state index contributed by atoms with van der Waals surface area (Å²) >= 11 is 1.45. The smallest absolute Gasteiger partial charge is 0.330 e. The molecule has 0 bridgehead atoms. The Labute approximate surface area is 94.7 Å². The van der Waals surface area contributed by atoms with Gasteiger partial charge in [-0.25, -0.2) is 0 Å². The lowest BCUT2D eigenvalue weighted by atomic mass is 10.1. The summed E-state index contributed by atoms with van der Waals surface area (Å²) in [6.45, 7) is 0.447. The maximum Gasteiger partial charge on any atom is 0.416 e. The maximum absolute atomic E-state index is 12.5. The van der Waals surface area contributed by atoms with Gasteiger partial charge in [-0.1, -0.05) is 0 Å². The quantitative estimate of drug-likeness (QED) is 0.862. The molecule has 1 aromatic carbocycles. The maximum atomic E-state index is 12.5. The fraction of sp³-hybridized carbons (Fsp3) is 0.273. The Kier molecular flexibility index (Phi) is 2.90. The number of benzene rings is 1. The van der Waals surface area contributed by atoms with E-state index < -0.39 is 11.7 Å². The van der Waals surface area contributed by atoms with Gasteiger partial charge in [-0.15, -0.1) is 11.3 Å². The van der Waals surface area contributed by atoms with Gasteiger partial charge in [0, 0.05) is 4.70 Å². The lowest BCUT2D eigenvalue weighted by molar-refractivity contribution is -0.137. The zero-order chi connectivity index (χ0) is 11.8. The lowest BCUT2D eigenvalue weighted by Gasteiger charge is -2.06. The summed E-state index contributed by atoms with van der Waals surface area (Å²) in [7, 11) is 0. The topological polar surface area (TPSA) is 26.0 Å². The van der Waals surface area contributed by atoms with Crippen LogP contribution in [0, 0.1) is 0 Å². The highest BCUT2D eigenvalue weighted by Crippen LogP contribution is 2.34. The Balaban J connectivity index is 2.54. The van der Waals surface area contributed by atoms with E-state index in [1.165, 1.54) is 23.5 Å². The molecule has 2 N–H and O–H groups in total. The SMILES string of the molecule is NCCc1csc2ccc(C(F)(F)F)cc12. The molecule has 0 saturated carbocycles. The van der Waals surface area contributed by atoms with Crippen molar-refractivity contribution in [3.63, 3.8) is 0 Å². The number of thiophene rings is 1. The summed E-state index contributed by atoms with van der Waals surface area (Å²) in [6, 6.07) is 3.84. The largest absolute Gasteiger partial charge is 0.416 e. The van der Waals surface area contributed by atoms with Crippen LogP contribution in [0.2, 0.25) is 0 Å². The van der Waals surface area contributed by atoms with Crippen molar-refractivity contribution in [3.05, 3.63) is 34.7 Å². The molecule has 0 amide bonds. The Morgan fingerprint density at radius 1 is 1.25 bits per heavy atom. The highest BCUT2D eigenvalue weighted by Gasteiger charge is 2.30. The molecule has 0 aliphatic carbocycles. The molecule has 0 aliphatic heterocycles. The van der Waals surface area contributed by atoms with Crippen molar-refractivity contribution >= 4 is 21.4 Å². The molecular weight excluding hydrogens is 235 g/mol. The average molecular weight is 245 g/mol. The first-order chi connectivity index (χ1) is 7.52. The van der Waals surface area contributed by atoms with Crippen molar-refractivity contribution in [3.8, 4) is 0 Å². The van der Waals surface area contributed by atoms with E-state index in [0.717, 1.165) is 16.3 Å². The first-order valence-corrected chi connectivity index (χ1v) is 5.67. The third kappa shape index (κ3) is 2.05. The Morgan fingerprint density at radius 3 is 2.62 bits per heavy atom. The predicted molar refractivity (Wildman–Crippen MR) is 59.6 cm³/mol. The molecule has 1 aromatic heterocycles. The lowest BCUT2D eigenvalue weighted by Crippen LogP contribution is -2.05. The minimum Gasteiger partial charge on any atom is -0.330 e. The monoisotopic (exact) mass is 245 g/mol. The van der Waals surface area contributed by atoms with Gasteiger partial charge in [0.2, 0.25) is 0 Å². The second kappa shape index (κ2) is 4.07. The Morgan fingerprint density at radius 2 is 2.00 bits per heavy atom. The molecule has 0 atom stereocenters. The average Bonchev–Trinajstić information content (AvgIpc) is 2.60. The van der Waals surface area contributed by atoms with Crippen LogP contribution in [0.1, 0.15) is 11.1 Å². The van der Waals surface area contributed by atoms with Crippen molar-refractivity contribution in [1.82, 2.24) is 0 Å². The van der Waals surface area contributed by atoms with Crippen LogP contribution in [0.25, 0.3) is 10.1 Å². The van der Waals surface area contributed by atoms with Crippen molar-refractivity contribution < 1.29 is 13.2 Å². The predicted octanol–water partition coefficient (Wildman–Crippen LogP) is 3.42. The molecule has 0 saturated heterocycles. The van der Waals surface area contributed by atoms with Crippen LogP contribution in [0.15, 0.2) is 23.6 Å². The highest BCUT2D eigenvalue weighted by atomic mass is 32.1. The van der Waals surface area contributed by atoms with Crippen LogP contribution in [0.3, 0.4) is 0 Å². The Bertz CT molecular complexity index is 501. The normalized spacial score (nSPS) is 12.2. The second-order valence-electron chi connectivity index (χ2n) is 3.51. The minimum absolute atomic E-state index is 0.447. The molecule has 2 aromatic rings. The summed E-state index contributed by atoms with van der Waals surface area (Å²) in [5, 5.41) is 2.54. The number of rotatable bonds is 2. The van der Waals surface area contributed by atoms with Crippen LogP contribution in [0.4, 0.5) is 13.2 Å². The van der Waals surface area contributed by atoms with E-state index in [1.54, 1.807) is 0 Å². The number of hydrogen-bond donors (Lipinski definition) is 1. The molecular formula is C11H10F3NS. The number of hydrogen-bond acceptors (Lipinski definition) is 2. The van der Waals surface area contributed by atoms with Crippen LogP contribution in [-0.2, 0) is 12.6 Å². The van der Waals surface area contributed by atoms with E-state index >= 15 is 0 Å². The zero-order valence-electron chi connectivity index (χ0n) is 8.34. The molecule has 5 heteroatoms. The van der Waals surface area contributed by atoms with E-state index in [-0.39, 0.29) is 0 Å². The molecule has 0 aliphatic rings. The summed E-state index contributed by atoms with van der Waals surface area (Å²) < 4.78 is 38.4. The number of alkyl halides is 3. The minimum atomic E-state index is -4.28. The molecule has 86 valence electrons. The standard InChI is InChI=1S/C11H10F3NS/c12-11(13,14)8-1-2-10-9(5-8)7(3-4-15)6-16-10/h1-2,5-6H,3-4,15H2. The summed E-state index contributed by atoms with van der Waals surface area (Å²) in [6.07, 6.45) is -3.67. The van der Waals surface area contributed by atoms with Crippen molar-refractivity contribution in [2.24, 2.45) is 5.73 Å². The van der Waals surface area contributed by atoms with Gasteiger partial charge in [0.05, 0.1) is 5.56 Å². The molecule has 0 unspecified atom stereocenters. The molecule has 0 fully saturated rings. The molecule has 1 nitrogen and oxygen atoms in total. The van der Waals surface area contributed by atoms with Crippen LogP contribution in [0.5, 0.6) is 0 Å². The molecule has 2 rings (SSSR count). The van der Waals surface area contributed by atoms with Crippen molar-refractivity contribution in [2.45, 2.75) is 12.6 Å². The Hall–Kier alpha value is -1.07. The van der Waals surface area contributed by atoms with Crippen molar-refractivity contribution in [2.75, 3.05) is 6.54 Å². The number of halogens is 3. The van der Waals surface area contributed by atoms with Gasteiger partial charge < -0.3 is 5.73 Å². The van der Waals surface area contributed by atoms with Gasteiger partial charge in [0.25, 0.3) is 0 Å². The van der Waals surface area contributed by atoms with Gasteiger partial charge in [-0.3, -0.25) is 0 Å². The summed E-state index contributed by atoms with van der Waals surface area (Å²) in [5.74, 6) is 0. The van der Waals surface area contributed by atoms with Crippen LogP contribution >= 0.6 is 11.3 Å². The van der Waals surface area contributed by atoms with Gasteiger partial charge in [-0.05, 0) is 47.5 Å². The van der Waals surface area contributed by atoms with E-state index in [9.17, 15) is 13.2 Å². The third-order valence-corrected chi connectivity index (χ3v) is 3.41. The molecule has 1 heterocycles. The van der Waals surface area contributed by atoms with Gasteiger partial charge in [-0.2, -0.15) is 13.2 Å². The molecule has 0 spiro atoms.